The quantitative estimate of drug-likeness (QED) is 0.176. The molecule has 3 aromatic heterocycles. The molecule has 10 aromatic rings. The molecule has 274 valence electrons. The van der Waals surface area contributed by atoms with Crippen LogP contribution >= 0.6 is 0 Å². The van der Waals surface area contributed by atoms with Crippen molar-refractivity contribution in [3.05, 3.63) is 205 Å². The van der Waals surface area contributed by atoms with Crippen molar-refractivity contribution in [2.45, 2.75) is 24.8 Å². The number of benzene rings is 7. The van der Waals surface area contributed by atoms with Crippen molar-refractivity contribution in [1.82, 2.24) is 13.7 Å². The van der Waals surface area contributed by atoms with Crippen molar-refractivity contribution in [3.63, 3.8) is 0 Å². The lowest BCUT2D eigenvalue weighted by Gasteiger charge is -2.32. The summed E-state index contributed by atoms with van der Waals surface area (Å²) < 4.78 is 7.49. The molecular formula is C54H38N4. The van der Waals surface area contributed by atoms with Gasteiger partial charge in [0, 0.05) is 61.0 Å². The van der Waals surface area contributed by atoms with Gasteiger partial charge < -0.3 is 18.6 Å². The third kappa shape index (κ3) is 4.29. The lowest BCUT2D eigenvalue weighted by atomic mass is 9.91. The Labute approximate surface area is 335 Å². The summed E-state index contributed by atoms with van der Waals surface area (Å²) in [7, 11) is 0. The average Bonchev–Trinajstić information content (AvgIpc) is 4.02. The molecular weight excluding hydrogens is 705 g/mol. The Kier molecular flexibility index (Phi) is 6.65. The Bertz CT molecular complexity index is 3460. The van der Waals surface area contributed by atoms with Crippen LogP contribution in [0.5, 0.6) is 0 Å². The lowest BCUT2D eigenvalue weighted by Crippen LogP contribution is -2.32. The van der Waals surface area contributed by atoms with E-state index >= 15 is 0 Å². The van der Waals surface area contributed by atoms with Gasteiger partial charge in [-0.2, -0.15) is 0 Å². The number of allylic oxidation sites excluding steroid dienone is 6. The molecule has 13 rings (SSSR count). The normalized spacial score (nSPS) is 17.4. The predicted octanol–water partition coefficient (Wildman–Crippen LogP) is 13.6. The van der Waals surface area contributed by atoms with E-state index in [4.69, 9.17) is 0 Å². The van der Waals surface area contributed by atoms with Gasteiger partial charge in [-0.1, -0.05) is 134 Å². The second-order valence-corrected chi connectivity index (χ2v) is 16.0. The molecule has 3 aliphatic rings. The lowest BCUT2D eigenvalue weighted by molar-refractivity contribution is 0.718. The van der Waals surface area contributed by atoms with Gasteiger partial charge in [0.05, 0.1) is 44.8 Å². The Morgan fingerprint density at radius 2 is 0.897 bits per heavy atom. The first-order valence-electron chi connectivity index (χ1n) is 20.5. The SMILES string of the molecule is C1=CCC2C(=C1)N(C1C=CC=CC1)c1c2ccc2c3ccccc3n(-c3ccc(-n4c5ccccc5c5ccc6c7ccccc7n(-c7ccccc7)c6c54)cc3)c12. The highest BCUT2D eigenvalue weighted by molar-refractivity contribution is 6.24. The monoisotopic (exact) mass is 742 g/mol. The number of fused-ring (bicyclic) bond motifs is 14. The van der Waals surface area contributed by atoms with Gasteiger partial charge in [-0.05, 0) is 79.1 Å². The summed E-state index contributed by atoms with van der Waals surface area (Å²) >= 11 is 0. The zero-order valence-electron chi connectivity index (χ0n) is 31.8. The summed E-state index contributed by atoms with van der Waals surface area (Å²) in [6.07, 6.45) is 18.0. The Morgan fingerprint density at radius 3 is 1.48 bits per heavy atom. The summed E-state index contributed by atoms with van der Waals surface area (Å²) in [5.41, 5.74) is 15.0. The topological polar surface area (TPSA) is 18.0 Å². The Balaban J connectivity index is 1.07. The minimum Gasteiger partial charge on any atom is -0.335 e. The van der Waals surface area contributed by atoms with Crippen LogP contribution in [0.15, 0.2) is 200 Å². The number of rotatable bonds is 4. The Morgan fingerprint density at radius 1 is 0.397 bits per heavy atom. The molecule has 7 aromatic carbocycles. The van der Waals surface area contributed by atoms with Crippen LogP contribution in [0.1, 0.15) is 24.3 Å². The molecule has 2 aliphatic carbocycles. The van der Waals surface area contributed by atoms with Crippen molar-refractivity contribution in [2.24, 2.45) is 0 Å². The summed E-state index contributed by atoms with van der Waals surface area (Å²) in [5.74, 6) is 0.358. The number of para-hydroxylation sites is 4. The maximum atomic E-state index is 2.66. The summed E-state index contributed by atoms with van der Waals surface area (Å²) in [6, 6.07) is 56.5. The van der Waals surface area contributed by atoms with Crippen LogP contribution < -0.4 is 4.90 Å². The molecule has 0 bridgehead atoms. The molecule has 0 saturated heterocycles. The third-order valence-corrected chi connectivity index (χ3v) is 13.0. The van der Waals surface area contributed by atoms with E-state index in [2.05, 4.69) is 213 Å². The molecule has 4 heterocycles. The molecule has 1 aliphatic heterocycles. The average molecular weight is 743 g/mol. The highest BCUT2D eigenvalue weighted by Gasteiger charge is 2.39. The van der Waals surface area contributed by atoms with Gasteiger partial charge in [0.2, 0.25) is 0 Å². The minimum atomic E-state index is 0.268. The van der Waals surface area contributed by atoms with Gasteiger partial charge in [0.15, 0.2) is 0 Å². The molecule has 4 heteroatoms. The molecule has 0 fully saturated rings. The van der Waals surface area contributed by atoms with Gasteiger partial charge in [-0.25, -0.2) is 0 Å². The van der Waals surface area contributed by atoms with Crippen LogP contribution in [0.4, 0.5) is 5.69 Å². The zero-order valence-corrected chi connectivity index (χ0v) is 31.8. The van der Waals surface area contributed by atoms with Crippen LogP contribution in [-0.4, -0.2) is 19.7 Å². The molecule has 0 radical (unpaired) electrons. The summed E-state index contributed by atoms with van der Waals surface area (Å²) in [4.78, 5) is 2.66. The fourth-order valence-electron chi connectivity index (χ4n) is 10.6. The van der Waals surface area contributed by atoms with Crippen LogP contribution in [0.3, 0.4) is 0 Å². The highest BCUT2D eigenvalue weighted by atomic mass is 15.2. The van der Waals surface area contributed by atoms with E-state index in [1.807, 2.05) is 0 Å². The number of nitrogens with zero attached hydrogens (tertiary/aromatic N) is 4. The molecule has 58 heavy (non-hydrogen) atoms. The van der Waals surface area contributed by atoms with Gasteiger partial charge in [-0.3, -0.25) is 0 Å². The molecule has 0 amide bonds. The Hall–Kier alpha value is -7.30. The van der Waals surface area contributed by atoms with Crippen molar-refractivity contribution >= 4 is 71.1 Å². The molecule has 0 N–H and O–H groups in total. The van der Waals surface area contributed by atoms with E-state index < -0.39 is 0 Å². The van der Waals surface area contributed by atoms with E-state index in [-0.39, 0.29) is 6.04 Å². The second-order valence-electron chi connectivity index (χ2n) is 16.0. The molecule has 2 atom stereocenters. The molecule has 0 saturated carbocycles. The van der Waals surface area contributed by atoms with E-state index in [0.717, 1.165) is 29.9 Å². The smallest absolute Gasteiger partial charge is 0.0788 e. The van der Waals surface area contributed by atoms with E-state index in [1.165, 1.54) is 82.4 Å². The molecule has 0 spiro atoms. The standard InChI is InChI=1S/C54H38N4/c1-3-15-35(16-4-1)55-47-23-11-7-19-39(47)43-31-33-45-41-21-9-13-25-49(41)57(53(45)51(43)55)37-27-29-38(30-28-37)58-50-26-14-10-22-42(50)46-34-32-44-40-20-8-12-24-48(40)56(52(44)54(46)58)36-17-5-2-6-18-36/h1-17,19,21-34,36,40H,18,20H2. The van der Waals surface area contributed by atoms with Crippen molar-refractivity contribution < 1.29 is 0 Å². The third-order valence-electron chi connectivity index (χ3n) is 13.0. The predicted molar refractivity (Wildman–Crippen MR) is 243 cm³/mol. The van der Waals surface area contributed by atoms with Gasteiger partial charge in [-0.15, -0.1) is 0 Å². The van der Waals surface area contributed by atoms with Crippen LogP contribution in [0, 0.1) is 0 Å². The van der Waals surface area contributed by atoms with Crippen LogP contribution in [0.2, 0.25) is 0 Å². The number of anilines is 1. The zero-order chi connectivity index (χ0) is 37.9. The second kappa shape index (κ2) is 12.1. The summed E-state index contributed by atoms with van der Waals surface area (Å²) in [6.45, 7) is 0. The number of aromatic nitrogens is 3. The van der Waals surface area contributed by atoms with Gasteiger partial charge in [0.25, 0.3) is 0 Å². The van der Waals surface area contributed by atoms with Crippen LogP contribution in [0.25, 0.3) is 82.5 Å². The van der Waals surface area contributed by atoms with E-state index in [1.54, 1.807) is 0 Å². The van der Waals surface area contributed by atoms with Crippen molar-refractivity contribution in [1.29, 1.82) is 0 Å². The van der Waals surface area contributed by atoms with Gasteiger partial charge in [0.1, 0.15) is 0 Å². The largest absolute Gasteiger partial charge is 0.335 e. The first-order chi connectivity index (χ1) is 28.8. The summed E-state index contributed by atoms with van der Waals surface area (Å²) in [5, 5.41) is 7.60. The van der Waals surface area contributed by atoms with Crippen molar-refractivity contribution in [3.8, 4) is 17.1 Å². The van der Waals surface area contributed by atoms with E-state index in [9.17, 15) is 0 Å². The fourth-order valence-corrected chi connectivity index (χ4v) is 10.6. The highest BCUT2D eigenvalue weighted by Crippen LogP contribution is 2.53. The first-order valence-corrected chi connectivity index (χ1v) is 20.5. The first kappa shape index (κ1) is 31.9. The molecule has 2 unspecified atom stereocenters. The number of hydrogen-bond acceptors (Lipinski definition) is 1. The van der Waals surface area contributed by atoms with E-state index in [0.29, 0.717) is 5.92 Å². The van der Waals surface area contributed by atoms with Crippen LogP contribution in [-0.2, 0) is 0 Å². The minimum absolute atomic E-state index is 0.268. The van der Waals surface area contributed by atoms with Gasteiger partial charge >= 0.3 is 0 Å². The number of hydrogen-bond donors (Lipinski definition) is 0. The molecule has 4 nitrogen and oxygen atoms in total. The van der Waals surface area contributed by atoms with Crippen molar-refractivity contribution in [2.75, 3.05) is 4.90 Å². The maximum Gasteiger partial charge on any atom is 0.0788 e. The maximum absolute atomic E-state index is 2.66. The fraction of sp³-hybridized carbons (Fsp3) is 0.0741.